The van der Waals surface area contributed by atoms with Crippen molar-refractivity contribution in [1.29, 1.82) is 0 Å². The van der Waals surface area contributed by atoms with E-state index in [-0.39, 0.29) is 28.4 Å². The van der Waals surface area contributed by atoms with Crippen LogP contribution in [0.15, 0.2) is 60.7 Å². The fraction of sp³-hybridized carbons (Fsp3) is 0.441. The molecule has 0 radical (unpaired) electrons. The number of carbonyl (C=O) groups excluding carboxylic acids is 1. The number of nitrogens with one attached hydrogen (secondary N) is 2. The van der Waals surface area contributed by atoms with E-state index >= 15 is 4.39 Å². The largest absolute Gasteiger partial charge is 0.506 e. The molecular weight excluding hydrogens is 515 g/mol. The molecule has 0 atom stereocenters. The number of likely N-dealkylation sites (tertiary alicyclic amines) is 1. The van der Waals surface area contributed by atoms with Crippen LogP contribution in [0.5, 0.6) is 5.75 Å². The van der Waals surface area contributed by atoms with Gasteiger partial charge in [-0.05, 0) is 78.7 Å². The van der Waals surface area contributed by atoms with Gasteiger partial charge in [0.25, 0.3) is 0 Å². The Morgan fingerprint density at radius 3 is 2.22 bits per heavy atom. The van der Waals surface area contributed by atoms with E-state index in [9.17, 15) is 9.90 Å². The normalized spacial score (nSPS) is 17.0. The highest BCUT2D eigenvalue weighted by Crippen LogP contribution is 2.55. The first-order valence-electron chi connectivity index (χ1n) is 14.6. The van der Waals surface area contributed by atoms with Crippen LogP contribution in [0.1, 0.15) is 65.5 Å². The summed E-state index contributed by atoms with van der Waals surface area (Å²) in [5.74, 6) is -0.236. The van der Waals surface area contributed by atoms with Crippen LogP contribution in [-0.4, -0.2) is 42.2 Å². The zero-order valence-corrected chi connectivity index (χ0v) is 25.1. The third kappa shape index (κ3) is 6.05. The van der Waals surface area contributed by atoms with Gasteiger partial charge in [-0.1, -0.05) is 65.8 Å². The first-order valence-corrected chi connectivity index (χ1v) is 14.6. The van der Waals surface area contributed by atoms with Crippen molar-refractivity contribution in [3.05, 3.63) is 77.6 Å². The van der Waals surface area contributed by atoms with E-state index in [1.807, 2.05) is 53.4 Å². The van der Waals surface area contributed by atoms with Crippen molar-refractivity contribution in [1.82, 2.24) is 4.90 Å². The van der Waals surface area contributed by atoms with Crippen LogP contribution in [0.2, 0.25) is 0 Å². The van der Waals surface area contributed by atoms with Gasteiger partial charge in [-0.15, -0.1) is 0 Å². The molecule has 0 unspecified atom stereocenters. The first-order chi connectivity index (χ1) is 19.3. The van der Waals surface area contributed by atoms with Crippen LogP contribution in [0, 0.1) is 11.2 Å². The standard InChI is InChI=1S/C34H43FN4O2/c1-32(2,3)21-38-19-17-34(18-20-38)22-39(30-28(40)16-15-25(35)29(30)34)27-10-8-7-9-26(27)37-31(41)36-24-13-11-23(12-14-24)33(4,5)6/h7-16,40H,17-22H2,1-6H3,(H2,36,37,41). The Hall–Kier alpha value is -3.58. The van der Waals surface area contributed by atoms with Gasteiger partial charge < -0.3 is 25.5 Å². The van der Waals surface area contributed by atoms with E-state index in [0.29, 0.717) is 29.2 Å². The predicted molar refractivity (Wildman–Crippen MR) is 166 cm³/mol. The van der Waals surface area contributed by atoms with Crippen LogP contribution in [-0.2, 0) is 10.8 Å². The van der Waals surface area contributed by atoms with Crippen molar-refractivity contribution in [3.63, 3.8) is 0 Å². The molecule has 1 spiro atoms. The fourth-order valence-electron chi connectivity index (χ4n) is 6.37. The molecule has 41 heavy (non-hydrogen) atoms. The van der Waals surface area contributed by atoms with Crippen molar-refractivity contribution in [2.75, 3.05) is 41.7 Å². The molecule has 1 fully saturated rings. The summed E-state index contributed by atoms with van der Waals surface area (Å²) in [5, 5.41) is 17.0. The molecule has 0 aromatic heterocycles. The van der Waals surface area contributed by atoms with E-state index in [1.54, 1.807) is 0 Å². The Labute approximate surface area is 243 Å². The summed E-state index contributed by atoms with van der Waals surface area (Å²) in [6.45, 7) is 16.4. The molecule has 6 nitrogen and oxygen atoms in total. The number of benzene rings is 3. The summed E-state index contributed by atoms with van der Waals surface area (Å²) >= 11 is 0. The van der Waals surface area contributed by atoms with E-state index in [2.05, 4.69) is 57.1 Å². The lowest BCUT2D eigenvalue weighted by molar-refractivity contribution is 0.124. The van der Waals surface area contributed by atoms with Crippen LogP contribution in [0.25, 0.3) is 0 Å². The maximum atomic E-state index is 15.6. The number of rotatable bonds is 4. The summed E-state index contributed by atoms with van der Waals surface area (Å²) in [6.07, 6.45) is 1.60. The van der Waals surface area contributed by atoms with Crippen molar-refractivity contribution in [2.24, 2.45) is 5.41 Å². The zero-order chi connectivity index (χ0) is 29.6. The minimum atomic E-state index is -0.420. The van der Waals surface area contributed by atoms with E-state index in [1.165, 1.54) is 17.7 Å². The number of phenolic OH excluding ortho intramolecular Hbond substituents is 1. The Balaban J connectivity index is 1.40. The second-order valence-electron chi connectivity index (χ2n) is 13.9. The third-order valence-electron chi connectivity index (χ3n) is 8.33. The molecule has 5 rings (SSSR count). The van der Waals surface area contributed by atoms with Gasteiger partial charge in [-0.25, -0.2) is 9.18 Å². The number of anilines is 4. The smallest absolute Gasteiger partial charge is 0.323 e. The van der Waals surface area contributed by atoms with Gasteiger partial charge >= 0.3 is 6.03 Å². The number of piperidine rings is 1. The number of fused-ring (bicyclic) bond motifs is 2. The lowest BCUT2D eigenvalue weighted by Crippen LogP contribution is -2.47. The number of urea groups is 1. The molecule has 2 heterocycles. The molecule has 218 valence electrons. The molecule has 3 N–H and O–H groups in total. The predicted octanol–water partition coefficient (Wildman–Crippen LogP) is 8.00. The summed E-state index contributed by atoms with van der Waals surface area (Å²) in [6, 6.07) is 17.8. The van der Waals surface area contributed by atoms with Crippen molar-refractivity contribution >= 4 is 28.8 Å². The number of hydrogen-bond donors (Lipinski definition) is 3. The quantitative estimate of drug-likeness (QED) is 0.303. The second-order valence-corrected chi connectivity index (χ2v) is 13.9. The monoisotopic (exact) mass is 558 g/mol. The average molecular weight is 559 g/mol. The minimum absolute atomic E-state index is 0.0252. The van der Waals surface area contributed by atoms with E-state index < -0.39 is 5.41 Å². The van der Waals surface area contributed by atoms with Gasteiger partial charge in [0.15, 0.2) is 0 Å². The summed E-state index contributed by atoms with van der Waals surface area (Å²) in [7, 11) is 0. The topological polar surface area (TPSA) is 67.8 Å². The Morgan fingerprint density at radius 1 is 0.927 bits per heavy atom. The molecule has 2 aliphatic rings. The highest BCUT2D eigenvalue weighted by molar-refractivity contribution is 6.02. The number of amides is 2. The lowest BCUT2D eigenvalue weighted by atomic mass is 9.73. The molecule has 0 bridgehead atoms. The maximum Gasteiger partial charge on any atom is 0.323 e. The van der Waals surface area contributed by atoms with Crippen LogP contribution in [0.3, 0.4) is 0 Å². The number of aromatic hydroxyl groups is 1. The molecule has 3 aromatic carbocycles. The molecule has 3 aromatic rings. The van der Waals surface area contributed by atoms with E-state index in [0.717, 1.165) is 38.2 Å². The number of carbonyl (C=O) groups is 1. The van der Waals surface area contributed by atoms with Gasteiger partial charge in [0.05, 0.1) is 17.1 Å². The first kappa shape index (κ1) is 28.9. The van der Waals surface area contributed by atoms with Gasteiger partial charge in [0, 0.05) is 29.8 Å². The second kappa shape index (κ2) is 10.7. The number of phenols is 1. The van der Waals surface area contributed by atoms with Gasteiger partial charge in [0.1, 0.15) is 11.6 Å². The highest BCUT2D eigenvalue weighted by atomic mass is 19.1. The van der Waals surface area contributed by atoms with Gasteiger partial charge in [-0.2, -0.15) is 0 Å². The molecule has 0 saturated carbocycles. The molecule has 2 aliphatic heterocycles. The number of halogens is 1. The fourth-order valence-corrected chi connectivity index (χ4v) is 6.37. The molecule has 0 aliphatic carbocycles. The summed E-state index contributed by atoms with van der Waals surface area (Å²) in [4.78, 5) is 17.5. The van der Waals surface area contributed by atoms with Crippen molar-refractivity contribution in [3.8, 4) is 5.75 Å². The zero-order valence-electron chi connectivity index (χ0n) is 25.1. The number of para-hydroxylation sites is 2. The number of hydrogen-bond acceptors (Lipinski definition) is 4. The molecule has 1 saturated heterocycles. The van der Waals surface area contributed by atoms with Crippen LogP contribution < -0.4 is 15.5 Å². The molecule has 2 amide bonds. The maximum absolute atomic E-state index is 15.6. The van der Waals surface area contributed by atoms with Crippen molar-refractivity contribution < 1.29 is 14.3 Å². The third-order valence-corrected chi connectivity index (χ3v) is 8.33. The summed E-state index contributed by atoms with van der Waals surface area (Å²) in [5.41, 5.74) is 4.08. The lowest BCUT2D eigenvalue weighted by Gasteiger charge is -2.42. The molecule has 7 heteroatoms. The van der Waals surface area contributed by atoms with Crippen LogP contribution in [0.4, 0.5) is 31.9 Å². The Kier molecular flexibility index (Phi) is 7.53. The van der Waals surface area contributed by atoms with Crippen molar-refractivity contribution in [2.45, 2.75) is 65.2 Å². The highest BCUT2D eigenvalue weighted by Gasteiger charge is 2.48. The summed E-state index contributed by atoms with van der Waals surface area (Å²) < 4.78 is 15.6. The van der Waals surface area contributed by atoms with Gasteiger partial charge in [0.2, 0.25) is 0 Å². The average Bonchev–Trinajstić information content (AvgIpc) is 3.23. The minimum Gasteiger partial charge on any atom is -0.506 e. The number of nitrogens with zero attached hydrogens (tertiary/aromatic N) is 2. The Bertz CT molecular complexity index is 1410. The molecular formula is C34H43FN4O2. The van der Waals surface area contributed by atoms with E-state index in [4.69, 9.17) is 0 Å². The van der Waals surface area contributed by atoms with Gasteiger partial charge in [-0.3, -0.25) is 0 Å². The SMILES string of the molecule is CC(C)(C)CN1CCC2(CC1)CN(c1ccccc1NC(=O)Nc1ccc(C(C)(C)C)cc1)c1c(O)ccc(F)c12. The van der Waals surface area contributed by atoms with Crippen LogP contribution >= 0.6 is 0 Å². The Morgan fingerprint density at radius 2 is 1.59 bits per heavy atom.